The lowest BCUT2D eigenvalue weighted by Gasteiger charge is -2.05. The van der Waals surface area contributed by atoms with Crippen molar-refractivity contribution in [2.75, 3.05) is 0 Å². The molecule has 150 valence electrons. The van der Waals surface area contributed by atoms with Crippen molar-refractivity contribution in [3.8, 4) is 17.6 Å². The molecule has 0 unspecified atom stereocenters. The largest absolute Gasteiger partial charge is 0.507 e. The van der Waals surface area contributed by atoms with Gasteiger partial charge in [0.15, 0.2) is 5.78 Å². The third-order valence-electron chi connectivity index (χ3n) is 4.94. The molecule has 0 aromatic heterocycles. The summed E-state index contributed by atoms with van der Waals surface area (Å²) in [7, 11) is 0. The number of aryl methyl sites for hydroxylation is 1. The molecule has 0 bridgehead atoms. The van der Waals surface area contributed by atoms with Gasteiger partial charge in [-0.25, -0.2) is 0 Å². The second kappa shape index (κ2) is 15.3. The van der Waals surface area contributed by atoms with Gasteiger partial charge in [0, 0.05) is 19.3 Å². The zero-order valence-corrected chi connectivity index (χ0v) is 17.5. The van der Waals surface area contributed by atoms with Crippen LogP contribution in [0.1, 0.15) is 113 Å². The highest BCUT2D eigenvalue weighted by molar-refractivity contribution is 5.98. The highest BCUT2D eigenvalue weighted by atomic mass is 16.3. The topological polar surface area (TPSA) is 37.3 Å². The number of unbranched alkanes of at least 4 members (excludes halogenated alkanes) is 11. The predicted octanol–water partition coefficient (Wildman–Crippen LogP) is 7.37. The summed E-state index contributed by atoms with van der Waals surface area (Å²) in [6.45, 7) is 4.16. The number of phenols is 1. The number of Topliss-reactive ketones (excluding diaryl/α,β-unsaturated/α-hetero) is 1. The molecule has 0 heterocycles. The van der Waals surface area contributed by atoms with Crippen LogP contribution in [0.3, 0.4) is 0 Å². The third kappa shape index (κ3) is 11.5. The van der Waals surface area contributed by atoms with E-state index in [0.29, 0.717) is 12.0 Å². The third-order valence-corrected chi connectivity index (χ3v) is 4.94. The van der Waals surface area contributed by atoms with Gasteiger partial charge in [-0.05, 0) is 43.9 Å². The van der Waals surface area contributed by atoms with E-state index in [1.807, 2.05) is 13.0 Å². The molecule has 2 heteroatoms. The normalized spacial score (nSPS) is 10.4. The van der Waals surface area contributed by atoms with Crippen LogP contribution in [0.15, 0.2) is 18.2 Å². The van der Waals surface area contributed by atoms with Gasteiger partial charge in [-0.2, -0.15) is 0 Å². The number of carbonyl (C=O) groups excluding carboxylic acids is 1. The number of ketones is 1. The van der Waals surface area contributed by atoms with Crippen LogP contribution in [0.4, 0.5) is 0 Å². The first-order valence-corrected chi connectivity index (χ1v) is 10.9. The van der Waals surface area contributed by atoms with Crippen LogP contribution < -0.4 is 0 Å². The van der Waals surface area contributed by atoms with Crippen molar-refractivity contribution in [1.29, 1.82) is 0 Å². The molecule has 27 heavy (non-hydrogen) atoms. The molecule has 0 saturated carbocycles. The standard InChI is InChI=1S/C25H38O2/c1-3-4-5-6-7-8-9-10-11-12-13-14-15-16-17-18-24(26)23-20-19-22(2)21-25(23)27/h19-21,27H,3-9,12-18H2,1-2H3. The van der Waals surface area contributed by atoms with Crippen molar-refractivity contribution in [2.45, 2.75) is 104 Å². The summed E-state index contributed by atoms with van der Waals surface area (Å²) < 4.78 is 0. The second-order valence-electron chi connectivity index (χ2n) is 7.58. The Bertz CT molecular complexity index is 592. The molecule has 1 aromatic carbocycles. The Balaban J connectivity index is 1.96. The summed E-state index contributed by atoms with van der Waals surface area (Å²) in [4.78, 5) is 12.1. The maximum absolute atomic E-state index is 12.1. The number of aromatic hydroxyl groups is 1. The quantitative estimate of drug-likeness (QED) is 0.211. The zero-order chi connectivity index (χ0) is 19.7. The van der Waals surface area contributed by atoms with Gasteiger partial charge in [0.05, 0.1) is 5.56 Å². The smallest absolute Gasteiger partial charge is 0.166 e. The first-order chi connectivity index (χ1) is 13.1. The number of carbonyl (C=O) groups is 1. The molecular weight excluding hydrogens is 332 g/mol. The van der Waals surface area contributed by atoms with Crippen molar-refractivity contribution in [3.63, 3.8) is 0 Å². The van der Waals surface area contributed by atoms with E-state index < -0.39 is 0 Å². The van der Waals surface area contributed by atoms with Gasteiger partial charge in [-0.1, -0.05) is 64.4 Å². The van der Waals surface area contributed by atoms with E-state index in [9.17, 15) is 9.90 Å². The average Bonchev–Trinajstić information content (AvgIpc) is 2.64. The molecule has 0 saturated heterocycles. The fourth-order valence-electron chi connectivity index (χ4n) is 3.21. The van der Waals surface area contributed by atoms with Gasteiger partial charge < -0.3 is 5.11 Å². The first-order valence-electron chi connectivity index (χ1n) is 10.9. The summed E-state index contributed by atoms with van der Waals surface area (Å²) in [6, 6.07) is 5.26. The fraction of sp³-hybridized carbons (Fsp3) is 0.640. The van der Waals surface area contributed by atoms with E-state index in [1.54, 1.807) is 12.1 Å². The lowest BCUT2D eigenvalue weighted by molar-refractivity contribution is 0.0976. The lowest BCUT2D eigenvalue weighted by atomic mass is 10.0. The Morgan fingerprint density at radius 2 is 1.41 bits per heavy atom. The van der Waals surface area contributed by atoms with E-state index in [4.69, 9.17) is 0 Å². The van der Waals surface area contributed by atoms with E-state index >= 15 is 0 Å². The van der Waals surface area contributed by atoms with Crippen LogP contribution in [-0.2, 0) is 0 Å². The van der Waals surface area contributed by atoms with Crippen molar-refractivity contribution in [3.05, 3.63) is 29.3 Å². The van der Waals surface area contributed by atoms with Gasteiger partial charge in [0.1, 0.15) is 5.75 Å². The van der Waals surface area contributed by atoms with Gasteiger partial charge in [0.25, 0.3) is 0 Å². The van der Waals surface area contributed by atoms with Crippen molar-refractivity contribution < 1.29 is 9.90 Å². The minimum atomic E-state index is 0.0491. The summed E-state index contributed by atoms with van der Waals surface area (Å²) in [6.07, 6.45) is 16.1. The summed E-state index contributed by atoms with van der Waals surface area (Å²) in [5, 5.41) is 9.85. The van der Waals surface area contributed by atoms with E-state index in [-0.39, 0.29) is 11.5 Å². The Labute approximate surface area is 166 Å². The maximum Gasteiger partial charge on any atom is 0.166 e. The van der Waals surface area contributed by atoms with Crippen LogP contribution >= 0.6 is 0 Å². The molecule has 1 aromatic rings. The summed E-state index contributed by atoms with van der Waals surface area (Å²) in [5.74, 6) is 6.76. The number of benzene rings is 1. The molecular formula is C25H38O2. The van der Waals surface area contributed by atoms with Crippen LogP contribution in [0.5, 0.6) is 5.75 Å². The van der Waals surface area contributed by atoms with E-state index in [0.717, 1.165) is 44.1 Å². The van der Waals surface area contributed by atoms with Crippen LogP contribution in [0.2, 0.25) is 0 Å². The molecule has 0 aliphatic carbocycles. The van der Waals surface area contributed by atoms with Gasteiger partial charge in [-0.15, -0.1) is 11.8 Å². The molecule has 2 nitrogen and oxygen atoms in total. The molecule has 1 N–H and O–H groups in total. The summed E-state index contributed by atoms with van der Waals surface area (Å²) in [5.41, 5.74) is 1.43. The molecule has 0 atom stereocenters. The minimum Gasteiger partial charge on any atom is -0.507 e. The highest BCUT2D eigenvalue weighted by Crippen LogP contribution is 2.21. The lowest BCUT2D eigenvalue weighted by Crippen LogP contribution is -1.99. The van der Waals surface area contributed by atoms with E-state index in [1.165, 1.54) is 44.9 Å². The van der Waals surface area contributed by atoms with Gasteiger partial charge in [0.2, 0.25) is 0 Å². The number of rotatable bonds is 14. The molecule has 0 aliphatic heterocycles. The Kier molecular flexibility index (Phi) is 13.2. The molecule has 0 amide bonds. The monoisotopic (exact) mass is 370 g/mol. The molecule has 0 spiro atoms. The molecule has 0 radical (unpaired) electrons. The van der Waals surface area contributed by atoms with Gasteiger partial charge >= 0.3 is 0 Å². The van der Waals surface area contributed by atoms with E-state index in [2.05, 4.69) is 18.8 Å². The number of hydrogen-bond acceptors (Lipinski definition) is 2. The Morgan fingerprint density at radius 3 is 2.00 bits per heavy atom. The number of phenolic OH excluding ortho intramolecular Hbond substituents is 1. The predicted molar refractivity (Wildman–Crippen MR) is 115 cm³/mol. The van der Waals surface area contributed by atoms with Crippen molar-refractivity contribution >= 4 is 5.78 Å². The summed E-state index contributed by atoms with van der Waals surface area (Å²) >= 11 is 0. The Hall–Kier alpha value is -1.75. The molecule has 1 rings (SSSR count). The second-order valence-corrected chi connectivity index (χ2v) is 7.58. The fourth-order valence-corrected chi connectivity index (χ4v) is 3.21. The van der Waals surface area contributed by atoms with Crippen LogP contribution in [0, 0.1) is 18.8 Å². The van der Waals surface area contributed by atoms with Crippen LogP contribution in [0.25, 0.3) is 0 Å². The van der Waals surface area contributed by atoms with Crippen molar-refractivity contribution in [1.82, 2.24) is 0 Å². The highest BCUT2D eigenvalue weighted by Gasteiger charge is 2.10. The maximum atomic E-state index is 12.1. The van der Waals surface area contributed by atoms with Crippen LogP contribution in [-0.4, -0.2) is 10.9 Å². The minimum absolute atomic E-state index is 0.0491. The van der Waals surface area contributed by atoms with Gasteiger partial charge in [-0.3, -0.25) is 4.79 Å². The molecule has 0 fully saturated rings. The number of hydrogen-bond donors (Lipinski definition) is 1. The zero-order valence-electron chi connectivity index (χ0n) is 17.5. The van der Waals surface area contributed by atoms with Crippen molar-refractivity contribution in [2.24, 2.45) is 0 Å². The Morgan fingerprint density at radius 1 is 0.852 bits per heavy atom. The average molecular weight is 371 g/mol. The SMILES string of the molecule is CCCCCCCCC#CCCCCCCCC(=O)c1ccc(C)cc1O. The first kappa shape index (κ1) is 23.3. The molecule has 0 aliphatic rings.